The van der Waals surface area contributed by atoms with Crippen molar-refractivity contribution in [1.82, 2.24) is 20.4 Å². The van der Waals surface area contributed by atoms with Gasteiger partial charge in [-0.2, -0.15) is 0 Å². The van der Waals surface area contributed by atoms with Gasteiger partial charge in [-0.15, -0.1) is 24.0 Å². The number of piperidine rings is 2. The maximum absolute atomic E-state index is 5.78. The summed E-state index contributed by atoms with van der Waals surface area (Å²) in [5.41, 5.74) is 1.47. The van der Waals surface area contributed by atoms with Gasteiger partial charge in [0.2, 0.25) is 0 Å². The largest absolute Gasteiger partial charge is 0.375 e. The fourth-order valence-electron chi connectivity index (χ4n) is 4.48. The summed E-state index contributed by atoms with van der Waals surface area (Å²) in [7, 11) is 4.09. The number of nitrogens with one attached hydrogen (secondary N) is 2. The van der Waals surface area contributed by atoms with Crippen LogP contribution >= 0.6 is 24.0 Å². The summed E-state index contributed by atoms with van der Waals surface area (Å²) >= 11 is 0. The van der Waals surface area contributed by atoms with Crippen LogP contribution in [-0.2, 0) is 11.3 Å². The van der Waals surface area contributed by atoms with E-state index in [1.54, 1.807) is 0 Å². The first-order chi connectivity index (χ1) is 14.2. The van der Waals surface area contributed by atoms with Crippen LogP contribution in [0.2, 0.25) is 0 Å². The molecule has 0 aliphatic carbocycles. The van der Waals surface area contributed by atoms with Gasteiger partial charge in [-0.05, 0) is 64.5 Å². The van der Waals surface area contributed by atoms with Gasteiger partial charge in [-0.25, -0.2) is 0 Å². The maximum atomic E-state index is 5.78. The second-order valence-corrected chi connectivity index (χ2v) is 8.47. The fourth-order valence-corrected chi connectivity index (χ4v) is 4.48. The summed E-state index contributed by atoms with van der Waals surface area (Å²) in [5.74, 6) is 0.878. The third-order valence-corrected chi connectivity index (χ3v) is 6.40. The van der Waals surface area contributed by atoms with Crippen molar-refractivity contribution in [3.8, 4) is 0 Å². The average molecular weight is 530 g/mol. The Morgan fingerprint density at radius 2 is 1.73 bits per heavy atom. The van der Waals surface area contributed by atoms with Crippen LogP contribution in [0.4, 0.5) is 0 Å². The first-order valence-electron chi connectivity index (χ1n) is 11.2. The van der Waals surface area contributed by atoms with Crippen molar-refractivity contribution in [2.24, 2.45) is 4.99 Å². The Bertz CT molecular complexity index is 613. The van der Waals surface area contributed by atoms with E-state index >= 15 is 0 Å². The molecule has 6 nitrogen and oxygen atoms in total. The van der Waals surface area contributed by atoms with Crippen LogP contribution in [0.5, 0.6) is 0 Å². The molecule has 2 aliphatic rings. The van der Waals surface area contributed by atoms with Gasteiger partial charge in [0.1, 0.15) is 0 Å². The molecule has 2 N–H and O–H groups in total. The number of hydrogen-bond donors (Lipinski definition) is 2. The lowest BCUT2D eigenvalue weighted by atomic mass is 9.84. The van der Waals surface area contributed by atoms with Crippen molar-refractivity contribution in [3.05, 3.63) is 35.9 Å². The van der Waals surface area contributed by atoms with Gasteiger partial charge in [0.15, 0.2) is 5.96 Å². The molecule has 2 saturated heterocycles. The minimum Gasteiger partial charge on any atom is -0.375 e. The molecule has 7 heteroatoms. The topological polar surface area (TPSA) is 52.1 Å². The minimum atomic E-state index is 0. The Hall–Kier alpha value is -0.900. The first-order valence-corrected chi connectivity index (χ1v) is 11.2. The van der Waals surface area contributed by atoms with E-state index in [1.165, 1.54) is 63.8 Å². The number of nitrogens with zero attached hydrogens (tertiary/aromatic N) is 3. The monoisotopic (exact) mass is 529 g/mol. The highest BCUT2D eigenvalue weighted by molar-refractivity contribution is 14.0. The van der Waals surface area contributed by atoms with Crippen molar-refractivity contribution in [1.29, 1.82) is 0 Å². The molecule has 0 aromatic heterocycles. The molecule has 0 unspecified atom stereocenters. The standard InChI is InChI=1S/C23H39N5O.HI/c1-24-22(25-13-18-29-19-21-9-5-3-6-10-21)26-20-23(11-16-27(2)17-12-23)28-14-7-4-8-15-28;/h3,5-6,9-10H,4,7-8,11-20H2,1-2H3,(H2,24,25,26);1H. The summed E-state index contributed by atoms with van der Waals surface area (Å²) in [6, 6.07) is 10.3. The molecule has 1 aromatic rings. The van der Waals surface area contributed by atoms with E-state index in [4.69, 9.17) is 4.74 Å². The van der Waals surface area contributed by atoms with E-state index in [0.29, 0.717) is 13.2 Å². The molecule has 2 aliphatic heterocycles. The molecule has 0 atom stereocenters. The molecule has 0 bridgehead atoms. The quantitative estimate of drug-likeness (QED) is 0.235. The summed E-state index contributed by atoms with van der Waals surface area (Å²) in [5, 5.41) is 7.03. The second kappa shape index (κ2) is 13.5. The van der Waals surface area contributed by atoms with E-state index in [2.05, 4.69) is 44.6 Å². The molecule has 30 heavy (non-hydrogen) atoms. The average Bonchev–Trinajstić information content (AvgIpc) is 2.78. The predicted octanol–water partition coefficient (Wildman–Crippen LogP) is 2.94. The normalized spacial score (nSPS) is 20.4. The minimum absolute atomic E-state index is 0. The van der Waals surface area contributed by atoms with Crippen LogP contribution in [-0.4, -0.2) is 81.3 Å². The fraction of sp³-hybridized carbons (Fsp3) is 0.696. The highest BCUT2D eigenvalue weighted by Gasteiger charge is 2.39. The van der Waals surface area contributed by atoms with Crippen LogP contribution in [0.25, 0.3) is 0 Å². The summed E-state index contributed by atoms with van der Waals surface area (Å²) in [4.78, 5) is 9.64. The lowest BCUT2D eigenvalue weighted by Gasteiger charge is -2.50. The van der Waals surface area contributed by atoms with Crippen molar-refractivity contribution in [2.45, 2.75) is 44.2 Å². The van der Waals surface area contributed by atoms with Crippen LogP contribution in [0.15, 0.2) is 35.3 Å². The SMILES string of the molecule is CN=C(NCCOCc1ccccc1)NCC1(N2CCCCC2)CCN(C)CC1.I. The van der Waals surface area contributed by atoms with Gasteiger partial charge in [-0.3, -0.25) is 9.89 Å². The molecule has 0 saturated carbocycles. The molecular formula is C23H40IN5O. The van der Waals surface area contributed by atoms with E-state index in [9.17, 15) is 0 Å². The highest BCUT2D eigenvalue weighted by atomic mass is 127. The number of aliphatic imine (C=N–C) groups is 1. The van der Waals surface area contributed by atoms with Crippen molar-refractivity contribution < 1.29 is 4.74 Å². The Balaban J connectivity index is 0.00000320. The number of halogens is 1. The highest BCUT2D eigenvalue weighted by Crippen LogP contribution is 2.30. The Morgan fingerprint density at radius 1 is 1.03 bits per heavy atom. The van der Waals surface area contributed by atoms with Gasteiger partial charge in [-0.1, -0.05) is 36.8 Å². The van der Waals surface area contributed by atoms with Crippen LogP contribution < -0.4 is 10.6 Å². The van der Waals surface area contributed by atoms with Gasteiger partial charge in [0.05, 0.1) is 13.2 Å². The summed E-state index contributed by atoms with van der Waals surface area (Å²) in [6.07, 6.45) is 6.51. The zero-order chi connectivity index (χ0) is 20.4. The van der Waals surface area contributed by atoms with Gasteiger partial charge in [0, 0.05) is 25.7 Å². The summed E-state index contributed by atoms with van der Waals surface area (Å²) < 4.78 is 5.78. The van der Waals surface area contributed by atoms with E-state index < -0.39 is 0 Å². The molecular weight excluding hydrogens is 489 g/mol. The summed E-state index contributed by atoms with van der Waals surface area (Å²) in [6.45, 7) is 7.87. The molecule has 0 amide bonds. The molecule has 2 fully saturated rings. The third-order valence-electron chi connectivity index (χ3n) is 6.40. The van der Waals surface area contributed by atoms with E-state index in [-0.39, 0.29) is 29.5 Å². The van der Waals surface area contributed by atoms with Gasteiger partial charge >= 0.3 is 0 Å². The number of benzene rings is 1. The molecule has 3 rings (SSSR count). The number of rotatable bonds is 8. The Kier molecular flexibility index (Phi) is 11.4. The van der Waals surface area contributed by atoms with E-state index in [1.807, 2.05) is 25.2 Å². The zero-order valence-electron chi connectivity index (χ0n) is 18.7. The van der Waals surface area contributed by atoms with Gasteiger partial charge in [0.25, 0.3) is 0 Å². The van der Waals surface area contributed by atoms with E-state index in [0.717, 1.165) is 19.0 Å². The second-order valence-electron chi connectivity index (χ2n) is 8.47. The maximum Gasteiger partial charge on any atom is 0.191 e. The molecule has 170 valence electrons. The molecule has 0 radical (unpaired) electrons. The van der Waals surface area contributed by atoms with Crippen molar-refractivity contribution in [2.75, 3.05) is 60.0 Å². The first kappa shape index (κ1) is 25.4. The molecule has 1 aromatic carbocycles. The third kappa shape index (κ3) is 7.66. The van der Waals surface area contributed by atoms with Crippen LogP contribution in [0.3, 0.4) is 0 Å². The van der Waals surface area contributed by atoms with Crippen molar-refractivity contribution >= 4 is 29.9 Å². The number of guanidine groups is 1. The van der Waals surface area contributed by atoms with Crippen LogP contribution in [0.1, 0.15) is 37.7 Å². The number of hydrogen-bond acceptors (Lipinski definition) is 4. The smallest absolute Gasteiger partial charge is 0.191 e. The number of ether oxygens (including phenoxy) is 1. The number of likely N-dealkylation sites (tertiary alicyclic amines) is 2. The molecule has 2 heterocycles. The Morgan fingerprint density at radius 3 is 2.40 bits per heavy atom. The van der Waals surface area contributed by atoms with Crippen molar-refractivity contribution in [3.63, 3.8) is 0 Å². The van der Waals surface area contributed by atoms with Gasteiger partial charge < -0.3 is 20.3 Å². The Labute approximate surface area is 199 Å². The lowest BCUT2D eigenvalue weighted by Crippen LogP contribution is -2.62. The predicted molar refractivity (Wildman–Crippen MR) is 136 cm³/mol. The van der Waals surface area contributed by atoms with Crippen LogP contribution in [0, 0.1) is 0 Å². The zero-order valence-corrected chi connectivity index (χ0v) is 21.1. The molecule has 0 spiro atoms. The lowest BCUT2D eigenvalue weighted by molar-refractivity contribution is 0.0173.